The molecule has 0 radical (unpaired) electrons. The number of nitrogens with one attached hydrogen (secondary N) is 2. The lowest BCUT2D eigenvalue weighted by molar-refractivity contribution is -0.139. The molecule has 1 fully saturated rings. The van der Waals surface area contributed by atoms with Gasteiger partial charge in [-0.15, -0.1) is 0 Å². The second-order valence-electron chi connectivity index (χ2n) is 4.90. The summed E-state index contributed by atoms with van der Waals surface area (Å²) in [5.74, 6) is -1.33. The van der Waals surface area contributed by atoms with Gasteiger partial charge in [0.25, 0.3) is 0 Å². The van der Waals surface area contributed by atoms with Gasteiger partial charge in [0.1, 0.15) is 6.04 Å². The molecule has 1 heterocycles. The Morgan fingerprint density at radius 1 is 1.33 bits per heavy atom. The molecule has 1 saturated heterocycles. The molecule has 112 valence electrons. The minimum atomic E-state index is -1.16. The van der Waals surface area contributed by atoms with Crippen molar-refractivity contribution < 1.29 is 19.5 Å². The van der Waals surface area contributed by atoms with Gasteiger partial charge in [-0.1, -0.05) is 30.3 Å². The van der Waals surface area contributed by atoms with Crippen molar-refractivity contribution in [3.8, 4) is 0 Å². The van der Waals surface area contributed by atoms with Crippen molar-refractivity contribution in [1.82, 2.24) is 15.5 Å². The molecule has 2 atom stereocenters. The van der Waals surface area contributed by atoms with Gasteiger partial charge in [-0.3, -0.25) is 4.79 Å². The fraction of sp³-hybridized carbons (Fsp3) is 0.357. The smallest absolute Gasteiger partial charge is 0.330 e. The van der Waals surface area contributed by atoms with Gasteiger partial charge in [0.2, 0.25) is 5.91 Å². The summed E-state index contributed by atoms with van der Waals surface area (Å²) in [6.45, 7) is 0.574. The largest absolute Gasteiger partial charge is 0.479 e. The fourth-order valence-electron chi connectivity index (χ4n) is 2.22. The highest BCUT2D eigenvalue weighted by Crippen LogP contribution is 2.13. The summed E-state index contributed by atoms with van der Waals surface area (Å²) >= 11 is 0. The Labute approximate surface area is 121 Å². The molecule has 0 saturated carbocycles. The van der Waals surface area contributed by atoms with Crippen molar-refractivity contribution in [2.45, 2.75) is 18.5 Å². The normalized spacial score (nSPS) is 19.2. The van der Waals surface area contributed by atoms with Crippen molar-refractivity contribution in [1.29, 1.82) is 0 Å². The van der Waals surface area contributed by atoms with E-state index in [9.17, 15) is 19.5 Å². The standard InChI is InChI=1S/C14H17N3O4/c1-17-8-7-10(12(17)18)15-14(21)16-11(13(19)20)9-5-3-2-4-6-9/h2-6,10-11H,7-8H2,1H3,(H,19,20)(H2,15,16,21)/t10?,11-/m0/s1. The maximum absolute atomic E-state index is 11.9. The molecule has 7 nitrogen and oxygen atoms in total. The van der Waals surface area contributed by atoms with E-state index in [1.807, 2.05) is 0 Å². The minimum absolute atomic E-state index is 0.170. The van der Waals surface area contributed by atoms with Gasteiger partial charge in [-0.25, -0.2) is 9.59 Å². The number of carbonyl (C=O) groups is 3. The van der Waals surface area contributed by atoms with Crippen molar-refractivity contribution in [2.75, 3.05) is 13.6 Å². The van der Waals surface area contributed by atoms with Crippen molar-refractivity contribution >= 4 is 17.9 Å². The summed E-state index contributed by atoms with van der Waals surface area (Å²) in [4.78, 5) is 36.4. The predicted octanol–water partition coefficient (Wildman–Crippen LogP) is 0.342. The van der Waals surface area contributed by atoms with Crippen LogP contribution in [0.1, 0.15) is 18.0 Å². The monoisotopic (exact) mass is 291 g/mol. The molecule has 0 aliphatic carbocycles. The average molecular weight is 291 g/mol. The van der Waals surface area contributed by atoms with Crippen molar-refractivity contribution in [2.24, 2.45) is 0 Å². The second kappa shape index (κ2) is 6.25. The number of likely N-dealkylation sites (tertiary alicyclic amines) is 1. The van der Waals surface area contributed by atoms with E-state index in [2.05, 4.69) is 10.6 Å². The maximum atomic E-state index is 11.9. The van der Waals surface area contributed by atoms with Crippen LogP contribution in [0.25, 0.3) is 0 Å². The molecule has 1 unspecified atom stereocenters. The molecular formula is C14H17N3O4. The number of hydrogen-bond acceptors (Lipinski definition) is 3. The predicted molar refractivity (Wildman–Crippen MR) is 74.5 cm³/mol. The summed E-state index contributed by atoms with van der Waals surface area (Å²) in [6.07, 6.45) is 0.520. The Morgan fingerprint density at radius 2 is 2.00 bits per heavy atom. The highest BCUT2D eigenvalue weighted by atomic mass is 16.4. The Hall–Kier alpha value is -2.57. The Morgan fingerprint density at radius 3 is 2.52 bits per heavy atom. The van der Waals surface area contributed by atoms with Gasteiger partial charge in [0.05, 0.1) is 0 Å². The number of hydrogen-bond donors (Lipinski definition) is 3. The third-order valence-corrected chi connectivity index (χ3v) is 3.39. The number of amides is 3. The number of benzene rings is 1. The molecule has 1 aromatic carbocycles. The number of carboxylic acid groups (broad SMARTS) is 1. The minimum Gasteiger partial charge on any atom is -0.479 e. The highest BCUT2D eigenvalue weighted by Gasteiger charge is 2.31. The van der Waals surface area contributed by atoms with Crippen LogP contribution < -0.4 is 10.6 Å². The number of carboxylic acids is 1. The zero-order valence-electron chi connectivity index (χ0n) is 11.6. The van der Waals surface area contributed by atoms with Crippen LogP contribution >= 0.6 is 0 Å². The quantitative estimate of drug-likeness (QED) is 0.745. The summed E-state index contributed by atoms with van der Waals surface area (Å²) in [7, 11) is 1.66. The number of urea groups is 1. The zero-order chi connectivity index (χ0) is 15.4. The molecule has 0 bridgehead atoms. The van der Waals surface area contributed by atoms with Crippen molar-refractivity contribution in [3.63, 3.8) is 0 Å². The van der Waals surface area contributed by atoms with E-state index in [-0.39, 0.29) is 5.91 Å². The Bertz CT molecular complexity index is 546. The van der Waals surface area contributed by atoms with Crippen LogP contribution in [0, 0.1) is 0 Å². The lowest BCUT2D eigenvalue weighted by Crippen LogP contribution is -2.47. The SMILES string of the molecule is CN1CCC(NC(=O)N[C@H](C(=O)O)c2ccccc2)C1=O. The van der Waals surface area contributed by atoms with E-state index >= 15 is 0 Å². The van der Waals surface area contributed by atoms with Gasteiger partial charge >= 0.3 is 12.0 Å². The molecule has 1 aromatic rings. The molecule has 1 aliphatic heterocycles. The summed E-state index contributed by atoms with van der Waals surface area (Å²) in [6, 6.07) is 5.97. The fourth-order valence-corrected chi connectivity index (χ4v) is 2.22. The zero-order valence-corrected chi connectivity index (χ0v) is 11.6. The number of nitrogens with zero attached hydrogens (tertiary/aromatic N) is 1. The molecule has 1 aliphatic rings. The van der Waals surface area contributed by atoms with Gasteiger partial charge in [-0.05, 0) is 12.0 Å². The topological polar surface area (TPSA) is 98.7 Å². The van der Waals surface area contributed by atoms with E-state index in [1.54, 1.807) is 37.4 Å². The van der Waals surface area contributed by atoms with E-state index in [4.69, 9.17) is 0 Å². The van der Waals surface area contributed by atoms with E-state index in [0.29, 0.717) is 18.5 Å². The van der Waals surface area contributed by atoms with Crippen molar-refractivity contribution in [3.05, 3.63) is 35.9 Å². The first-order chi connectivity index (χ1) is 9.99. The molecule has 21 heavy (non-hydrogen) atoms. The molecule has 0 spiro atoms. The summed E-state index contributed by atoms with van der Waals surface area (Å²) in [5.41, 5.74) is 0.468. The van der Waals surface area contributed by atoms with Gasteiger partial charge in [0.15, 0.2) is 6.04 Å². The number of aliphatic carboxylic acids is 1. The first-order valence-electron chi connectivity index (χ1n) is 6.59. The summed E-state index contributed by atoms with van der Waals surface area (Å²) in [5, 5.41) is 14.1. The first kappa shape index (κ1) is 14.8. The van der Waals surface area contributed by atoms with E-state index < -0.39 is 24.1 Å². The molecule has 3 amide bonds. The van der Waals surface area contributed by atoms with Crippen LogP contribution in [0.4, 0.5) is 4.79 Å². The Balaban J connectivity index is 2.00. The van der Waals surface area contributed by atoms with Crippen LogP contribution in [0.5, 0.6) is 0 Å². The molecule has 7 heteroatoms. The maximum Gasteiger partial charge on any atom is 0.330 e. The first-order valence-corrected chi connectivity index (χ1v) is 6.59. The van der Waals surface area contributed by atoms with Crippen LogP contribution in [0.3, 0.4) is 0 Å². The third kappa shape index (κ3) is 3.50. The number of rotatable bonds is 4. The lowest BCUT2D eigenvalue weighted by atomic mass is 10.1. The summed E-state index contributed by atoms with van der Waals surface area (Å²) < 4.78 is 0. The van der Waals surface area contributed by atoms with Gasteiger partial charge < -0.3 is 20.6 Å². The van der Waals surface area contributed by atoms with Crippen LogP contribution in [0.2, 0.25) is 0 Å². The van der Waals surface area contributed by atoms with Crippen LogP contribution in [-0.2, 0) is 9.59 Å². The van der Waals surface area contributed by atoms with Crippen LogP contribution in [0.15, 0.2) is 30.3 Å². The number of carbonyl (C=O) groups excluding carboxylic acids is 2. The second-order valence-corrected chi connectivity index (χ2v) is 4.90. The van der Waals surface area contributed by atoms with Gasteiger partial charge in [0, 0.05) is 13.6 Å². The molecule has 2 rings (SSSR count). The number of likely N-dealkylation sites (N-methyl/N-ethyl adjacent to an activating group) is 1. The van der Waals surface area contributed by atoms with Gasteiger partial charge in [-0.2, -0.15) is 0 Å². The molecule has 3 N–H and O–H groups in total. The van der Waals surface area contributed by atoms with E-state index in [1.165, 1.54) is 4.90 Å². The molecular weight excluding hydrogens is 274 g/mol. The molecule has 0 aromatic heterocycles. The van der Waals surface area contributed by atoms with Crippen LogP contribution in [-0.4, -0.2) is 47.5 Å². The third-order valence-electron chi connectivity index (χ3n) is 3.39. The highest BCUT2D eigenvalue weighted by molar-refractivity contribution is 5.90. The lowest BCUT2D eigenvalue weighted by Gasteiger charge is -2.17. The van der Waals surface area contributed by atoms with E-state index in [0.717, 1.165) is 0 Å². The average Bonchev–Trinajstić information content (AvgIpc) is 2.77. The Kier molecular flexibility index (Phi) is 4.42.